The van der Waals surface area contributed by atoms with Crippen molar-refractivity contribution in [2.75, 3.05) is 23.1 Å². The highest BCUT2D eigenvalue weighted by molar-refractivity contribution is 7.91. The molecule has 1 aromatic heterocycles. The number of aryl methyl sites for hydroxylation is 1. The second-order valence-electron chi connectivity index (χ2n) is 5.43. The zero-order valence-corrected chi connectivity index (χ0v) is 13.2. The highest BCUT2D eigenvalue weighted by atomic mass is 32.2. The third kappa shape index (κ3) is 3.26. The monoisotopic (exact) mass is 319 g/mol. The van der Waals surface area contributed by atoms with Crippen LogP contribution in [0.4, 0.5) is 5.82 Å². The predicted molar refractivity (Wildman–Crippen MR) is 75.2 cm³/mol. The van der Waals surface area contributed by atoms with Crippen molar-refractivity contribution < 1.29 is 16.8 Å². The molecule has 1 aliphatic rings. The van der Waals surface area contributed by atoms with Crippen LogP contribution in [0.3, 0.4) is 0 Å². The summed E-state index contributed by atoms with van der Waals surface area (Å²) in [5, 5.41) is 2.98. The predicted octanol–water partition coefficient (Wildman–Crippen LogP) is 0.178. The molecule has 1 aromatic rings. The molecule has 0 radical (unpaired) electrons. The van der Waals surface area contributed by atoms with Crippen LogP contribution in [0.1, 0.15) is 19.2 Å². The van der Waals surface area contributed by atoms with Crippen LogP contribution in [0, 0.1) is 6.92 Å². The van der Waals surface area contributed by atoms with Gasteiger partial charge in [0.1, 0.15) is 16.5 Å². The highest BCUT2D eigenvalue weighted by Crippen LogP contribution is 2.29. The van der Waals surface area contributed by atoms with Crippen molar-refractivity contribution in [2.24, 2.45) is 0 Å². The fourth-order valence-corrected chi connectivity index (χ4v) is 5.00. The molecule has 1 aliphatic heterocycles. The summed E-state index contributed by atoms with van der Waals surface area (Å²) < 4.78 is 46.7. The summed E-state index contributed by atoms with van der Waals surface area (Å²) in [6, 6.07) is 0. The molecule has 0 spiro atoms. The van der Waals surface area contributed by atoms with E-state index < -0.39 is 25.2 Å². The van der Waals surface area contributed by atoms with Crippen LogP contribution in [0.15, 0.2) is 11.1 Å². The molecule has 1 atom stereocenters. The number of rotatable bonds is 3. The number of hydrogen-bond donors (Lipinski definition) is 1. The molecule has 1 fully saturated rings. The fourth-order valence-electron chi connectivity index (χ4n) is 2.21. The number of nitrogens with zero attached hydrogens (tertiary/aromatic N) is 2. The zero-order chi connectivity index (χ0) is 15.2. The molecule has 112 valence electrons. The molecule has 1 N–H and O–H groups in total. The highest BCUT2D eigenvalue weighted by Gasteiger charge is 2.39. The van der Waals surface area contributed by atoms with Gasteiger partial charge in [-0.25, -0.2) is 26.8 Å². The zero-order valence-electron chi connectivity index (χ0n) is 11.5. The van der Waals surface area contributed by atoms with E-state index in [1.54, 1.807) is 13.8 Å². The number of hydrogen-bond acceptors (Lipinski definition) is 7. The van der Waals surface area contributed by atoms with Gasteiger partial charge in [-0.1, -0.05) is 0 Å². The molecule has 7 nitrogen and oxygen atoms in total. The average Bonchev–Trinajstić information content (AvgIpc) is 2.50. The minimum atomic E-state index is -3.48. The van der Waals surface area contributed by atoms with Crippen molar-refractivity contribution >= 4 is 25.5 Å². The quantitative estimate of drug-likeness (QED) is 0.847. The minimum Gasteiger partial charge on any atom is -0.363 e. The second kappa shape index (κ2) is 4.66. The Hall–Kier alpha value is -1.22. The lowest BCUT2D eigenvalue weighted by Crippen LogP contribution is -2.37. The molecule has 0 saturated carbocycles. The van der Waals surface area contributed by atoms with Crippen LogP contribution in [-0.4, -0.2) is 50.1 Å². The summed E-state index contributed by atoms with van der Waals surface area (Å²) in [6.07, 6.45) is 2.73. The maximum atomic E-state index is 11.7. The molecule has 9 heteroatoms. The van der Waals surface area contributed by atoms with Crippen LogP contribution >= 0.6 is 0 Å². The summed E-state index contributed by atoms with van der Waals surface area (Å²) in [6.45, 7) is 3.39. The normalized spacial score (nSPS) is 25.6. The van der Waals surface area contributed by atoms with Crippen LogP contribution in [0.25, 0.3) is 0 Å². The van der Waals surface area contributed by atoms with Crippen molar-refractivity contribution in [3.63, 3.8) is 0 Å². The first-order chi connectivity index (χ1) is 9.01. The topological polar surface area (TPSA) is 106 Å². The van der Waals surface area contributed by atoms with Gasteiger partial charge < -0.3 is 5.32 Å². The summed E-state index contributed by atoms with van der Waals surface area (Å²) in [7, 11) is -6.57. The van der Waals surface area contributed by atoms with E-state index in [4.69, 9.17) is 0 Å². The smallest absolute Gasteiger partial charge is 0.180 e. The Labute approximate surface area is 118 Å². The summed E-state index contributed by atoms with van der Waals surface area (Å²) >= 11 is 0. The van der Waals surface area contributed by atoms with Crippen molar-refractivity contribution in [2.45, 2.75) is 30.7 Å². The Morgan fingerprint density at radius 3 is 2.55 bits per heavy atom. The van der Waals surface area contributed by atoms with Crippen molar-refractivity contribution in [1.29, 1.82) is 0 Å². The van der Waals surface area contributed by atoms with E-state index >= 15 is 0 Å². The van der Waals surface area contributed by atoms with Gasteiger partial charge in [-0.2, -0.15) is 0 Å². The van der Waals surface area contributed by atoms with Gasteiger partial charge in [0.25, 0.3) is 0 Å². The van der Waals surface area contributed by atoms with Gasteiger partial charge in [0.15, 0.2) is 19.7 Å². The first-order valence-corrected chi connectivity index (χ1v) is 9.74. The molecule has 0 amide bonds. The lowest BCUT2D eigenvalue weighted by molar-refractivity contribution is 0.568. The van der Waals surface area contributed by atoms with E-state index in [1.165, 1.54) is 6.20 Å². The molecule has 0 aromatic carbocycles. The second-order valence-corrected chi connectivity index (χ2v) is 9.60. The SMILES string of the molecule is Cc1ncc(S(C)(=O)=O)c(N[C@]2(C)CCS(=O)(=O)C2)n1. The van der Waals surface area contributed by atoms with Crippen molar-refractivity contribution in [3.05, 3.63) is 12.0 Å². The maximum absolute atomic E-state index is 11.7. The lowest BCUT2D eigenvalue weighted by atomic mass is 10.0. The van der Waals surface area contributed by atoms with E-state index in [-0.39, 0.29) is 22.2 Å². The first-order valence-electron chi connectivity index (χ1n) is 6.03. The summed E-state index contributed by atoms with van der Waals surface area (Å²) in [5.41, 5.74) is -0.709. The molecule has 0 bridgehead atoms. The van der Waals surface area contributed by atoms with E-state index in [9.17, 15) is 16.8 Å². The largest absolute Gasteiger partial charge is 0.363 e. The van der Waals surface area contributed by atoms with Gasteiger partial charge in [-0.3, -0.25) is 0 Å². The van der Waals surface area contributed by atoms with Crippen LogP contribution < -0.4 is 5.32 Å². The van der Waals surface area contributed by atoms with Crippen LogP contribution in [0.5, 0.6) is 0 Å². The van der Waals surface area contributed by atoms with Gasteiger partial charge in [0.05, 0.1) is 23.2 Å². The van der Waals surface area contributed by atoms with Gasteiger partial charge in [0.2, 0.25) is 0 Å². The molecular formula is C11H17N3O4S2. The lowest BCUT2D eigenvalue weighted by Gasteiger charge is -2.25. The van der Waals surface area contributed by atoms with Crippen molar-refractivity contribution in [1.82, 2.24) is 9.97 Å². The number of sulfone groups is 2. The van der Waals surface area contributed by atoms with Crippen LogP contribution in [0.2, 0.25) is 0 Å². The third-order valence-electron chi connectivity index (χ3n) is 3.20. The minimum absolute atomic E-state index is 0.0198. The molecule has 20 heavy (non-hydrogen) atoms. The van der Waals surface area contributed by atoms with Crippen LogP contribution in [-0.2, 0) is 19.7 Å². The summed E-state index contributed by atoms with van der Waals surface area (Å²) in [4.78, 5) is 7.96. The number of aromatic nitrogens is 2. The Morgan fingerprint density at radius 2 is 2.05 bits per heavy atom. The Morgan fingerprint density at radius 1 is 1.40 bits per heavy atom. The van der Waals surface area contributed by atoms with E-state index in [2.05, 4.69) is 15.3 Å². The molecule has 1 saturated heterocycles. The number of nitrogens with one attached hydrogen (secondary N) is 1. The third-order valence-corrected chi connectivity index (χ3v) is 6.20. The molecule has 0 unspecified atom stereocenters. The van der Waals surface area contributed by atoms with Gasteiger partial charge in [-0.05, 0) is 20.3 Å². The molecule has 0 aliphatic carbocycles. The standard InChI is InChI=1S/C11H17N3O4S2/c1-8-12-6-9(19(3,15)16)10(13-8)14-11(2)4-5-20(17,18)7-11/h6H,4-5,7H2,1-3H3,(H,12,13,14)/t11-/m1/s1. The Kier molecular flexibility index (Phi) is 3.53. The molecular weight excluding hydrogens is 302 g/mol. The maximum Gasteiger partial charge on any atom is 0.180 e. The Bertz CT molecular complexity index is 743. The van der Waals surface area contributed by atoms with Crippen molar-refractivity contribution in [3.8, 4) is 0 Å². The molecule has 2 rings (SSSR count). The van der Waals surface area contributed by atoms with E-state index in [0.29, 0.717) is 12.2 Å². The van der Waals surface area contributed by atoms with E-state index in [0.717, 1.165) is 6.26 Å². The number of anilines is 1. The van der Waals surface area contributed by atoms with Gasteiger partial charge >= 0.3 is 0 Å². The van der Waals surface area contributed by atoms with Gasteiger partial charge in [0, 0.05) is 6.26 Å². The fraction of sp³-hybridized carbons (Fsp3) is 0.636. The van der Waals surface area contributed by atoms with E-state index in [1.807, 2.05) is 0 Å². The average molecular weight is 319 g/mol. The van der Waals surface area contributed by atoms with Gasteiger partial charge in [-0.15, -0.1) is 0 Å². The Balaban J connectivity index is 2.42. The molecule has 2 heterocycles. The summed E-state index contributed by atoms with van der Waals surface area (Å²) in [5.74, 6) is 0.644. The first kappa shape index (κ1) is 15.2.